The first-order valence-corrected chi connectivity index (χ1v) is 6.81. The molecule has 1 aliphatic heterocycles. The van der Waals surface area contributed by atoms with Crippen LogP contribution in [-0.2, 0) is 14.9 Å². The van der Waals surface area contributed by atoms with E-state index in [1.165, 1.54) is 0 Å². The Morgan fingerprint density at radius 3 is 2.53 bits per heavy atom. The fourth-order valence-electron chi connectivity index (χ4n) is 3.06. The van der Waals surface area contributed by atoms with Gasteiger partial charge in [0.2, 0.25) is 0 Å². The highest BCUT2D eigenvalue weighted by atomic mass is 35.5. The van der Waals surface area contributed by atoms with Gasteiger partial charge < -0.3 is 14.6 Å². The van der Waals surface area contributed by atoms with Gasteiger partial charge in [-0.1, -0.05) is 23.7 Å². The number of hydrogen-bond acceptors (Lipinski definition) is 3. The highest BCUT2D eigenvalue weighted by molar-refractivity contribution is 6.30. The molecule has 0 aromatic heterocycles. The van der Waals surface area contributed by atoms with Crippen LogP contribution in [0.15, 0.2) is 24.3 Å². The molecule has 2 rings (SSSR count). The maximum atomic E-state index is 11.1. The fraction of sp³-hybridized carbons (Fsp3) is 0.533. The Morgan fingerprint density at radius 2 is 2.00 bits per heavy atom. The molecule has 1 atom stereocenters. The number of carboxylic acids is 1. The second-order valence-corrected chi connectivity index (χ2v) is 6.31. The van der Waals surface area contributed by atoms with Gasteiger partial charge in [0, 0.05) is 23.0 Å². The van der Waals surface area contributed by atoms with E-state index in [1.54, 1.807) is 12.1 Å². The molecule has 0 aliphatic carbocycles. The molecular weight excluding hydrogens is 264 g/mol. The average Bonchev–Trinajstić information content (AvgIpc) is 2.27. The van der Waals surface area contributed by atoms with Crippen LogP contribution in [0.25, 0.3) is 0 Å². The number of hydrogen-bond donors (Lipinski definition) is 0. The first-order chi connectivity index (χ1) is 8.83. The van der Waals surface area contributed by atoms with Gasteiger partial charge in [0.15, 0.2) is 0 Å². The molecule has 4 heteroatoms. The van der Waals surface area contributed by atoms with Gasteiger partial charge in [0.1, 0.15) is 0 Å². The molecule has 1 heterocycles. The van der Waals surface area contributed by atoms with Crippen LogP contribution < -0.4 is 5.11 Å². The molecule has 1 aromatic rings. The SMILES string of the molecule is CC1(C)C[C@](CC(=O)[O-])(c2ccc(Cl)cc2)CCO1. The molecule has 0 spiro atoms. The third kappa shape index (κ3) is 3.28. The summed E-state index contributed by atoms with van der Waals surface area (Å²) in [6.45, 7) is 4.54. The maximum absolute atomic E-state index is 11.1. The third-order valence-corrected chi connectivity index (χ3v) is 4.03. The molecule has 104 valence electrons. The zero-order valence-electron chi connectivity index (χ0n) is 11.2. The second kappa shape index (κ2) is 5.14. The molecule has 0 saturated carbocycles. The molecule has 19 heavy (non-hydrogen) atoms. The van der Waals surface area contributed by atoms with Crippen molar-refractivity contribution in [2.24, 2.45) is 0 Å². The quantitative estimate of drug-likeness (QED) is 0.854. The fourth-order valence-corrected chi connectivity index (χ4v) is 3.18. The van der Waals surface area contributed by atoms with Crippen molar-refractivity contribution >= 4 is 17.6 Å². The number of carboxylic acid groups (broad SMARTS) is 1. The van der Waals surface area contributed by atoms with Crippen LogP contribution in [0.1, 0.15) is 38.7 Å². The van der Waals surface area contributed by atoms with Crippen LogP contribution in [0.2, 0.25) is 5.02 Å². The molecule has 0 amide bonds. The van der Waals surface area contributed by atoms with Crippen LogP contribution in [0.5, 0.6) is 0 Å². The molecule has 0 radical (unpaired) electrons. The number of ether oxygens (including phenoxy) is 1. The summed E-state index contributed by atoms with van der Waals surface area (Å²) < 4.78 is 5.71. The molecule has 1 saturated heterocycles. The topological polar surface area (TPSA) is 49.4 Å². The molecule has 1 fully saturated rings. The van der Waals surface area contributed by atoms with Crippen LogP contribution in [0.4, 0.5) is 0 Å². The molecule has 0 N–H and O–H groups in total. The van der Waals surface area contributed by atoms with Crippen molar-refractivity contribution in [1.82, 2.24) is 0 Å². The number of carbonyl (C=O) groups excluding carboxylic acids is 1. The lowest BCUT2D eigenvalue weighted by Crippen LogP contribution is -2.46. The Morgan fingerprint density at radius 1 is 1.37 bits per heavy atom. The summed E-state index contributed by atoms with van der Waals surface area (Å²) in [6.07, 6.45) is 1.36. The molecule has 0 bridgehead atoms. The summed E-state index contributed by atoms with van der Waals surface area (Å²) in [4.78, 5) is 11.1. The predicted molar refractivity (Wildman–Crippen MR) is 72.0 cm³/mol. The Hall–Kier alpha value is -1.06. The summed E-state index contributed by atoms with van der Waals surface area (Å²) in [6, 6.07) is 7.42. The van der Waals surface area contributed by atoms with E-state index in [4.69, 9.17) is 16.3 Å². The van der Waals surface area contributed by atoms with Crippen molar-refractivity contribution in [3.8, 4) is 0 Å². The van der Waals surface area contributed by atoms with Crippen molar-refractivity contribution in [3.63, 3.8) is 0 Å². The summed E-state index contributed by atoms with van der Waals surface area (Å²) in [5.41, 5.74) is 0.246. The largest absolute Gasteiger partial charge is 0.550 e. The molecule has 1 aliphatic rings. The van der Waals surface area contributed by atoms with E-state index in [1.807, 2.05) is 26.0 Å². The van der Waals surface area contributed by atoms with E-state index in [2.05, 4.69) is 0 Å². The van der Waals surface area contributed by atoms with Crippen LogP contribution in [0.3, 0.4) is 0 Å². The summed E-state index contributed by atoms with van der Waals surface area (Å²) >= 11 is 5.90. The molecule has 3 nitrogen and oxygen atoms in total. The Labute approximate surface area is 118 Å². The van der Waals surface area contributed by atoms with Crippen LogP contribution in [-0.4, -0.2) is 18.2 Å². The summed E-state index contributed by atoms with van der Waals surface area (Å²) in [7, 11) is 0. The van der Waals surface area contributed by atoms with Gasteiger partial charge >= 0.3 is 0 Å². The van der Waals surface area contributed by atoms with Crippen molar-refractivity contribution in [1.29, 1.82) is 0 Å². The van der Waals surface area contributed by atoms with Gasteiger partial charge in [0.05, 0.1) is 5.60 Å². The first-order valence-electron chi connectivity index (χ1n) is 6.43. The van der Waals surface area contributed by atoms with Crippen LogP contribution >= 0.6 is 11.6 Å². The Balaban J connectivity index is 2.39. The average molecular weight is 282 g/mol. The minimum Gasteiger partial charge on any atom is -0.550 e. The lowest BCUT2D eigenvalue weighted by molar-refractivity contribution is -0.308. The lowest BCUT2D eigenvalue weighted by atomic mass is 9.67. The van der Waals surface area contributed by atoms with Crippen molar-refractivity contribution < 1.29 is 14.6 Å². The zero-order valence-corrected chi connectivity index (χ0v) is 12.0. The monoisotopic (exact) mass is 281 g/mol. The molecule has 1 aromatic carbocycles. The number of benzene rings is 1. The van der Waals surface area contributed by atoms with Gasteiger partial charge in [0.25, 0.3) is 0 Å². The zero-order chi connectivity index (χ0) is 14.1. The van der Waals surface area contributed by atoms with Crippen molar-refractivity contribution in [2.75, 3.05) is 6.61 Å². The minimum atomic E-state index is -1.02. The van der Waals surface area contributed by atoms with Gasteiger partial charge in [-0.05, 0) is 50.8 Å². The highest BCUT2D eigenvalue weighted by Crippen LogP contribution is 2.44. The van der Waals surface area contributed by atoms with Crippen molar-refractivity contribution in [3.05, 3.63) is 34.9 Å². The first kappa shape index (κ1) is 14.4. The van der Waals surface area contributed by atoms with E-state index in [0.29, 0.717) is 24.5 Å². The van der Waals surface area contributed by atoms with Gasteiger partial charge in [-0.25, -0.2) is 0 Å². The number of aliphatic carboxylic acids is 1. The van der Waals surface area contributed by atoms with E-state index >= 15 is 0 Å². The van der Waals surface area contributed by atoms with Gasteiger partial charge in [-0.2, -0.15) is 0 Å². The Kier molecular flexibility index (Phi) is 3.88. The Bertz CT molecular complexity index is 467. The lowest BCUT2D eigenvalue weighted by Gasteiger charge is -2.45. The minimum absolute atomic E-state index is 0.0153. The van der Waals surface area contributed by atoms with Gasteiger partial charge in [-0.3, -0.25) is 0 Å². The van der Waals surface area contributed by atoms with Crippen LogP contribution in [0, 0.1) is 0 Å². The maximum Gasteiger partial charge on any atom is 0.0635 e. The van der Waals surface area contributed by atoms with Crippen molar-refractivity contribution in [2.45, 2.75) is 44.1 Å². The van der Waals surface area contributed by atoms with Gasteiger partial charge in [-0.15, -0.1) is 0 Å². The number of halogens is 1. The highest BCUT2D eigenvalue weighted by Gasteiger charge is 2.42. The summed E-state index contributed by atoms with van der Waals surface area (Å²) in [5.74, 6) is -1.02. The smallest absolute Gasteiger partial charge is 0.0635 e. The number of rotatable bonds is 3. The normalized spacial score (nSPS) is 26.1. The molecule has 0 unspecified atom stereocenters. The van der Waals surface area contributed by atoms with E-state index in [9.17, 15) is 9.90 Å². The summed E-state index contributed by atoms with van der Waals surface area (Å²) in [5, 5.41) is 11.8. The standard InChI is InChI=1S/C15H19ClO3/c1-14(2)10-15(7-8-19-14,9-13(17)18)11-3-5-12(16)6-4-11/h3-6H,7-10H2,1-2H3,(H,17,18)/p-1/t15-/m0/s1. The van der Waals surface area contributed by atoms with E-state index in [-0.39, 0.29) is 12.0 Å². The molecular formula is C15H18ClO3-. The van der Waals surface area contributed by atoms with E-state index in [0.717, 1.165) is 5.56 Å². The number of carbonyl (C=O) groups is 1. The third-order valence-electron chi connectivity index (χ3n) is 3.78. The second-order valence-electron chi connectivity index (χ2n) is 5.87. The van der Waals surface area contributed by atoms with E-state index < -0.39 is 11.4 Å². The predicted octanol–water partition coefficient (Wildman–Crippen LogP) is 2.31.